The van der Waals surface area contributed by atoms with Crippen molar-refractivity contribution >= 4 is 17.1 Å². The van der Waals surface area contributed by atoms with Crippen LogP contribution in [0.25, 0.3) is 11.1 Å². The Morgan fingerprint density at radius 2 is 1.70 bits per heavy atom. The van der Waals surface area contributed by atoms with Crippen molar-refractivity contribution in [3.63, 3.8) is 0 Å². The number of methoxy groups -OCH3 is 4. The van der Waals surface area contributed by atoms with Crippen LogP contribution in [0.15, 0.2) is 42.0 Å². The van der Waals surface area contributed by atoms with Crippen molar-refractivity contribution in [1.82, 2.24) is 9.80 Å². The lowest BCUT2D eigenvalue weighted by Crippen LogP contribution is -2.34. The Kier molecular flexibility index (Phi) is 8.13. The molecule has 0 spiro atoms. The van der Waals surface area contributed by atoms with Gasteiger partial charge in [-0.05, 0) is 91.5 Å². The minimum atomic E-state index is 0.179. The lowest BCUT2D eigenvalue weighted by molar-refractivity contribution is -0.129. The molecule has 7 heteroatoms. The number of amides is 1. The molecule has 0 radical (unpaired) electrons. The molecule has 0 unspecified atom stereocenters. The summed E-state index contributed by atoms with van der Waals surface area (Å²) in [5.74, 6) is 2.81. The van der Waals surface area contributed by atoms with E-state index < -0.39 is 0 Å². The summed E-state index contributed by atoms with van der Waals surface area (Å²) < 4.78 is 22.1. The summed E-state index contributed by atoms with van der Waals surface area (Å²) in [7, 11) is 10.7. The smallest absolute Gasteiger partial charge is 0.227 e. The van der Waals surface area contributed by atoms with Gasteiger partial charge < -0.3 is 28.7 Å². The second-order valence-corrected chi connectivity index (χ2v) is 9.79. The lowest BCUT2D eigenvalue weighted by Gasteiger charge is -2.21. The largest absolute Gasteiger partial charge is 0.497 e. The third-order valence-electron chi connectivity index (χ3n) is 7.54. The number of nitrogens with zero attached hydrogens (tertiary/aromatic N) is 2. The molecule has 4 rings (SSSR count). The van der Waals surface area contributed by atoms with Gasteiger partial charge in [0.1, 0.15) is 5.75 Å². The number of rotatable bonds is 9. The van der Waals surface area contributed by atoms with Gasteiger partial charge in [0.15, 0.2) is 11.5 Å². The van der Waals surface area contributed by atoms with Gasteiger partial charge >= 0.3 is 0 Å². The number of ether oxygens (including phenoxy) is 4. The summed E-state index contributed by atoms with van der Waals surface area (Å²) in [5, 5.41) is 0. The molecule has 1 heterocycles. The molecule has 198 valence electrons. The molecule has 0 bridgehead atoms. The SMILES string of the molecule is COc1ccc2c(c1)C(CC(=O)N1CC[C@@H](N(C)C)C1)=C(C)/C2=C/Cc1cc(OC)c(OC)c(OC)c1. The van der Waals surface area contributed by atoms with Gasteiger partial charge in [-0.2, -0.15) is 0 Å². The molecule has 0 saturated carbocycles. The van der Waals surface area contributed by atoms with Crippen molar-refractivity contribution in [1.29, 1.82) is 0 Å². The maximum atomic E-state index is 13.3. The van der Waals surface area contributed by atoms with E-state index in [0.29, 0.717) is 36.1 Å². The maximum absolute atomic E-state index is 13.3. The van der Waals surface area contributed by atoms with Crippen molar-refractivity contribution in [2.24, 2.45) is 0 Å². The third kappa shape index (κ3) is 5.32. The molecule has 1 amide bonds. The van der Waals surface area contributed by atoms with Crippen molar-refractivity contribution in [3.8, 4) is 23.0 Å². The van der Waals surface area contributed by atoms with Crippen LogP contribution in [-0.4, -0.2) is 77.4 Å². The fraction of sp³-hybridized carbons (Fsp3) is 0.433. The lowest BCUT2D eigenvalue weighted by atomic mass is 10.00. The molecule has 2 aliphatic rings. The molecule has 1 saturated heterocycles. The minimum absolute atomic E-state index is 0.179. The Balaban J connectivity index is 1.66. The van der Waals surface area contributed by atoms with E-state index >= 15 is 0 Å². The highest BCUT2D eigenvalue weighted by atomic mass is 16.5. The molecule has 7 nitrogen and oxygen atoms in total. The number of hydrogen-bond acceptors (Lipinski definition) is 6. The monoisotopic (exact) mass is 506 g/mol. The first-order chi connectivity index (χ1) is 17.8. The zero-order valence-electron chi connectivity index (χ0n) is 23.0. The molecule has 0 N–H and O–H groups in total. The predicted molar refractivity (Wildman–Crippen MR) is 147 cm³/mol. The number of likely N-dealkylation sites (N-methyl/N-ethyl adjacent to an activating group) is 1. The zero-order chi connectivity index (χ0) is 26.7. The second-order valence-electron chi connectivity index (χ2n) is 9.79. The van der Waals surface area contributed by atoms with Gasteiger partial charge in [0, 0.05) is 19.1 Å². The van der Waals surface area contributed by atoms with Gasteiger partial charge in [-0.1, -0.05) is 12.1 Å². The van der Waals surface area contributed by atoms with Crippen LogP contribution in [0.5, 0.6) is 23.0 Å². The first kappa shape index (κ1) is 26.6. The summed E-state index contributed by atoms with van der Waals surface area (Å²) in [4.78, 5) is 17.6. The Morgan fingerprint density at radius 3 is 2.27 bits per heavy atom. The molecule has 1 aliphatic heterocycles. The summed E-state index contributed by atoms with van der Waals surface area (Å²) in [5.41, 5.74) is 6.59. The molecular formula is C30H38N2O5. The van der Waals surface area contributed by atoms with Crippen molar-refractivity contribution in [2.45, 2.75) is 32.2 Å². The summed E-state index contributed by atoms with van der Waals surface area (Å²) in [6, 6.07) is 10.5. The van der Waals surface area contributed by atoms with E-state index in [1.165, 1.54) is 0 Å². The van der Waals surface area contributed by atoms with E-state index in [1.54, 1.807) is 28.4 Å². The molecule has 37 heavy (non-hydrogen) atoms. The van der Waals surface area contributed by atoms with Gasteiger partial charge in [-0.15, -0.1) is 0 Å². The van der Waals surface area contributed by atoms with Gasteiger partial charge in [-0.3, -0.25) is 4.79 Å². The molecule has 1 fully saturated rings. The van der Waals surface area contributed by atoms with Crippen LogP contribution in [0.3, 0.4) is 0 Å². The Hall–Kier alpha value is -3.45. The first-order valence-corrected chi connectivity index (χ1v) is 12.6. The topological polar surface area (TPSA) is 60.5 Å². The minimum Gasteiger partial charge on any atom is -0.497 e. The van der Waals surface area contributed by atoms with E-state index in [1.807, 2.05) is 29.2 Å². The van der Waals surface area contributed by atoms with Gasteiger partial charge in [-0.25, -0.2) is 0 Å². The highest BCUT2D eigenvalue weighted by Crippen LogP contribution is 2.45. The number of allylic oxidation sites excluding steroid dienone is 3. The number of hydrogen-bond donors (Lipinski definition) is 0. The Bertz CT molecular complexity index is 1210. The third-order valence-corrected chi connectivity index (χ3v) is 7.54. The fourth-order valence-corrected chi connectivity index (χ4v) is 5.32. The zero-order valence-corrected chi connectivity index (χ0v) is 23.0. The van der Waals surface area contributed by atoms with Crippen molar-refractivity contribution < 1.29 is 23.7 Å². The quantitative estimate of drug-likeness (QED) is 0.492. The van der Waals surface area contributed by atoms with Gasteiger partial charge in [0.05, 0.1) is 34.9 Å². The van der Waals surface area contributed by atoms with Gasteiger partial charge in [0.25, 0.3) is 0 Å². The number of carbonyl (C=O) groups excluding carboxylic acids is 1. The molecule has 1 atom stereocenters. The summed E-state index contributed by atoms with van der Waals surface area (Å²) in [6.07, 6.45) is 4.29. The molecule has 2 aromatic rings. The highest BCUT2D eigenvalue weighted by molar-refractivity contribution is 6.04. The normalized spacial score (nSPS) is 18.0. The Labute approximate surface area is 220 Å². The standard InChI is InChI=1S/C30H38N2O5/c1-19-23(10-8-20-14-27(35-5)30(37-7)28(15-20)36-6)24-11-9-22(34-4)16-26(24)25(19)17-29(33)32-13-12-21(18-32)31(2)3/h9-11,14-16,21H,8,12-13,17-18H2,1-7H3/b23-10-/t21-/m1/s1. The molecule has 2 aromatic carbocycles. The van der Waals surface area contributed by atoms with Crippen LogP contribution in [0.4, 0.5) is 0 Å². The average molecular weight is 507 g/mol. The van der Waals surface area contributed by atoms with Gasteiger partial charge in [0.2, 0.25) is 11.7 Å². The average Bonchev–Trinajstić information content (AvgIpc) is 3.50. The molecule has 1 aliphatic carbocycles. The van der Waals surface area contributed by atoms with E-state index in [9.17, 15) is 4.79 Å². The van der Waals surface area contributed by atoms with Crippen molar-refractivity contribution in [2.75, 3.05) is 55.6 Å². The summed E-state index contributed by atoms with van der Waals surface area (Å²) in [6.45, 7) is 3.71. The predicted octanol–water partition coefficient (Wildman–Crippen LogP) is 4.69. The van der Waals surface area contributed by atoms with Crippen LogP contribution in [0.2, 0.25) is 0 Å². The number of carbonyl (C=O) groups is 1. The fourth-order valence-electron chi connectivity index (χ4n) is 5.32. The molecule has 0 aromatic heterocycles. The van der Waals surface area contributed by atoms with Crippen LogP contribution < -0.4 is 18.9 Å². The van der Waals surface area contributed by atoms with Crippen LogP contribution in [0.1, 0.15) is 36.5 Å². The molecular weight excluding hydrogens is 468 g/mol. The number of fused-ring (bicyclic) bond motifs is 1. The second kappa shape index (κ2) is 11.3. The van der Waals surface area contributed by atoms with Crippen molar-refractivity contribution in [3.05, 3.63) is 58.7 Å². The summed E-state index contributed by atoms with van der Waals surface area (Å²) >= 11 is 0. The number of likely N-dealkylation sites (tertiary alicyclic amines) is 1. The first-order valence-electron chi connectivity index (χ1n) is 12.6. The number of benzene rings is 2. The van der Waals surface area contributed by atoms with E-state index in [4.69, 9.17) is 18.9 Å². The maximum Gasteiger partial charge on any atom is 0.227 e. The highest BCUT2D eigenvalue weighted by Gasteiger charge is 2.31. The Morgan fingerprint density at radius 1 is 1.00 bits per heavy atom. The van der Waals surface area contributed by atoms with Crippen LogP contribution >= 0.6 is 0 Å². The van der Waals surface area contributed by atoms with Crippen LogP contribution in [0, 0.1) is 0 Å². The van der Waals surface area contributed by atoms with Crippen LogP contribution in [-0.2, 0) is 11.2 Å². The van der Waals surface area contributed by atoms with E-state index in [0.717, 1.165) is 58.7 Å². The van der Waals surface area contributed by atoms with E-state index in [-0.39, 0.29) is 5.91 Å². The van der Waals surface area contributed by atoms with E-state index in [2.05, 4.69) is 38.1 Å².